The van der Waals surface area contributed by atoms with Gasteiger partial charge in [-0.3, -0.25) is 4.79 Å². The molecular weight excluding hydrogens is 519 g/mol. The lowest BCUT2D eigenvalue weighted by Crippen LogP contribution is -2.49. The zero-order chi connectivity index (χ0) is 26.1. The van der Waals surface area contributed by atoms with E-state index in [9.17, 15) is 26.4 Å². The SMILES string of the molecule is CC(=O)Nc1ccc(S(=O)(=O)N2CCN(c3nccc(-c4cccc(C(F)(F)F)c4)n3)CC2)cc1Cl. The number of aromatic nitrogens is 2. The number of piperazine rings is 1. The van der Waals surface area contributed by atoms with Crippen molar-refractivity contribution in [2.75, 3.05) is 36.4 Å². The molecule has 1 saturated heterocycles. The van der Waals surface area contributed by atoms with Crippen LogP contribution in [0.2, 0.25) is 5.02 Å². The van der Waals surface area contributed by atoms with Gasteiger partial charge >= 0.3 is 6.18 Å². The molecule has 0 spiro atoms. The van der Waals surface area contributed by atoms with Crippen molar-refractivity contribution in [1.82, 2.24) is 14.3 Å². The summed E-state index contributed by atoms with van der Waals surface area (Å²) in [4.78, 5) is 21.6. The van der Waals surface area contributed by atoms with Crippen LogP contribution >= 0.6 is 11.6 Å². The first-order chi connectivity index (χ1) is 16.9. The Morgan fingerprint density at radius 2 is 1.78 bits per heavy atom. The van der Waals surface area contributed by atoms with Gasteiger partial charge < -0.3 is 10.2 Å². The summed E-state index contributed by atoms with van der Waals surface area (Å²) in [6.07, 6.45) is -3.01. The van der Waals surface area contributed by atoms with Crippen LogP contribution in [0.25, 0.3) is 11.3 Å². The molecule has 4 rings (SSSR count). The molecule has 0 atom stereocenters. The van der Waals surface area contributed by atoms with Gasteiger partial charge in [0.05, 0.1) is 26.9 Å². The first-order valence-electron chi connectivity index (χ1n) is 10.8. The predicted molar refractivity (Wildman–Crippen MR) is 129 cm³/mol. The molecule has 8 nitrogen and oxygen atoms in total. The number of hydrogen-bond donors (Lipinski definition) is 1. The van der Waals surface area contributed by atoms with Gasteiger partial charge in [-0.2, -0.15) is 17.5 Å². The number of nitrogens with zero attached hydrogens (tertiary/aromatic N) is 4. The molecule has 2 aromatic carbocycles. The molecule has 3 aromatic rings. The minimum Gasteiger partial charge on any atom is -0.338 e. The molecule has 1 amide bonds. The Labute approximate surface area is 210 Å². The van der Waals surface area contributed by atoms with Crippen LogP contribution in [0.15, 0.2) is 59.6 Å². The number of benzene rings is 2. The highest BCUT2D eigenvalue weighted by Crippen LogP contribution is 2.32. The average molecular weight is 540 g/mol. The fourth-order valence-electron chi connectivity index (χ4n) is 3.74. The van der Waals surface area contributed by atoms with Gasteiger partial charge in [0, 0.05) is 44.9 Å². The van der Waals surface area contributed by atoms with Crippen molar-refractivity contribution in [2.24, 2.45) is 0 Å². The molecule has 190 valence electrons. The minimum absolute atomic E-state index is 0.00199. The molecule has 1 aromatic heterocycles. The molecule has 0 aliphatic carbocycles. The number of alkyl halides is 3. The van der Waals surface area contributed by atoms with Gasteiger partial charge in [0.25, 0.3) is 0 Å². The molecule has 1 fully saturated rings. The van der Waals surface area contributed by atoms with E-state index in [-0.39, 0.29) is 42.0 Å². The quantitative estimate of drug-likeness (QED) is 0.520. The molecule has 0 bridgehead atoms. The summed E-state index contributed by atoms with van der Waals surface area (Å²) in [5, 5.41) is 2.63. The molecule has 1 aliphatic rings. The van der Waals surface area contributed by atoms with Crippen molar-refractivity contribution in [2.45, 2.75) is 18.0 Å². The standard InChI is InChI=1S/C23H21ClF3N5O3S/c1-15(33)29-21-6-5-18(14-19(21)24)36(34,35)32-11-9-31(10-12-32)22-28-8-7-20(30-22)16-3-2-4-17(13-16)23(25,26)27/h2-8,13-14H,9-12H2,1H3,(H,29,33). The van der Waals surface area contributed by atoms with Gasteiger partial charge in [0.2, 0.25) is 21.9 Å². The van der Waals surface area contributed by atoms with Crippen LogP contribution in [0.3, 0.4) is 0 Å². The van der Waals surface area contributed by atoms with Crippen molar-refractivity contribution in [3.8, 4) is 11.3 Å². The van der Waals surface area contributed by atoms with Crippen LogP contribution in [-0.4, -0.2) is 54.8 Å². The van der Waals surface area contributed by atoms with Crippen molar-refractivity contribution in [3.63, 3.8) is 0 Å². The molecule has 1 aliphatic heterocycles. The van der Waals surface area contributed by atoms with E-state index in [0.717, 1.165) is 12.1 Å². The third-order valence-corrected chi connectivity index (χ3v) is 7.75. The summed E-state index contributed by atoms with van der Waals surface area (Å²) >= 11 is 6.14. The summed E-state index contributed by atoms with van der Waals surface area (Å²) in [6.45, 7) is 2.17. The molecule has 2 heterocycles. The summed E-state index contributed by atoms with van der Waals surface area (Å²) in [5.41, 5.74) is 0.166. The number of sulfonamides is 1. The number of carbonyl (C=O) groups is 1. The fourth-order valence-corrected chi connectivity index (χ4v) is 5.48. The van der Waals surface area contributed by atoms with Crippen LogP contribution < -0.4 is 10.2 Å². The zero-order valence-electron chi connectivity index (χ0n) is 19.0. The second kappa shape index (κ2) is 10.0. The second-order valence-electron chi connectivity index (χ2n) is 8.03. The highest BCUT2D eigenvalue weighted by Gasteiger charge is 2.31. The number of amides is 1. The van der Waals surface area contributed by atoms with Crippen LogP contribution in [0, 0.1) is 0 Å². The van der Waals surface area contributed by atoms with E-state index < -0.39 is 21.8 Å². The third-order valence-electron chi connectivity index (χ3n) is 5.54. The van der Waals surface area contributed by atoms with E-state index in [1.807, 2.05) is 0 Å². The van der Waals surface area contributed by atoms with Crippen LogP contribution in [0.5, 0.6) is 0 Å². The largest absolute Gasteiger partial charge is 0.416 e. The first kappa shape index (κ1) is 25.9. The molecule has 0 radical (unpaired) electrons. The van der Waals surface area contributed by atoms with Crippen molar-refractivity contribution >= 4 is 39.2 Å². The number of anilines is 2. The Balaban J connectivity index is 1.48. The van der Waals surface area contributed by atoms with Gasteiger partial charge in [0.1, 0.15) is 0 Å². The number of rotatable bonds is 5. The lowest BCUT2D eigenvalue weighted by molar-refractivity contribution is -0.137. The summed E-state index contributed by atoms with van der Waals surface area (Å²) in [5.74, 6) is -0.0346. The summed E-state index contributed by atoms with van der Waals surface area (Å²) in [6, 6.07) is 10.5. The molecule has 0 saturated carbocycles. The third kappa shape index (κ3) is 5.61. The fraction of sp³-hybridized carbons (Fsp3) is 0.261. The van der Waals surface area contributed by atoms with Crippen LogP contribution in [0.1, 0.15) is 12.5 Å². The smallest absolute Gasteiger partial charge is 0.338 e. The maximum Gasteiger partial charge on any atom is 0.416 e. The predicted octanol–water partition coefficient (Wildman–Crippen LogP) is 4.29. The van der Waals surface area contributed by atoms with Gasteiger partial charge in [-0.1, -0.05) is 23.7 Å². The van der Waals surface area contributed by atoms with E-state index >= 15 is 0 Å². The van der Waals surface area contributed by atoms with Crippen LogP contribution in [-0.2, 0) is 21.0 Å². The van der Waals surface area contributed by atoms with Gasteiger partial charge in [-0.25, -0.2) is 18.4 Å². The van der Waals surface area contributed by atoms with Gasteiger partial charge in [-0.15, -0.1) is 0 Å². The highest BCUT2D eigenvalue weighted by atomic mass is 35.5. The molecule has 0 unspecified atom stereocenters. The maximum absolute atomic E-state index is 13.1. The van der Waals surface area contributed by atoms with Crippen molar-refractivity contribution in [3.05, 3.63) is 65.3 Å². The number of nitrogens with one attached hydrogen (secondary N) is 1. The van der Waals surface area contributed by atoms with Crippen LogP contribution in [0.4, 0.5) is 24.8 Å². The monoisotopic (exact) mass is 539 g/mol. The highest BCUT2D eigenvalue weighted by molar-refractivity contribution is 7.89. The Bertz CT molecular complexity index is 1390. The molecular formula is C23H21ClF3N5O3S. The second-order valence-corrected chi connectivity index (χ2v) is 10.4. The average Bonchev–Trinajstić information content (AvgIpc) is 2.85. The summed E-state index contributed by atoms with van der Waals surface area (Å²) in [7, 11) is -3.84. The normalized spacial score (nSPS) is 15.1. The van der Waals surface area contributed by atoms with E-state index in [4.69, 9.17) is 11.6 Å². The van der Waals surface area contributed by atoms with Gasteiger partial charge in [0.15, 0.2) is 0 Å². The van der Waals surface area contributed by atoms with Crippen molar-refractivity contribution in [1.29, 1.82) is 0 Å². The van der Waals surface area contributed by atoms with Gasteiger partial charge in [-0.05, 0) is 36.4 Å². The zero-order valence-corrected chi connectivity index (χ0v) is 20.5. The Hall–Kier alpha value is -3.22. The number of carbonyl (C=O) groups excluding carboxylic acids is 1. The maximum atomic E-state index is 13.1. The number of hydrogen-bond acceptors (Lipinski definition) is 6. The van der Waals surface area contributed by atoms with Crippen molar-refractivity contribution < 1.29 is 26.4 Å². The lowest BCUT2D eigenvalue weighted by atomic mass is 10.1. The lowest BCUT2D eigenvalue weighted by Gasteiger charge is -2.34. The Morgan fingerprint density at radius 3 is 2.42 bits per heavy atom. The minimum atomic E-state index is -4.47. The van der Waals surface area contributed by atoms with E-state index in [2.05, 4.69) is 15.3 Å². The molecule has 1 N–H and O–H groups in total. The van der Waals surface area contributed by atoms with E-state index in [0.29, 0.717) is 22.9 Å². The molecule has 36 heavy (non-hydrogen) atoms. The summed E-state index contributed by atoms with van der Waals surface area (Å²) < 4.78 is 66.8. The topological polar surface area (TPSA) is 95.5 Å². The Morgan fingerprint density at radius 1 is 1.06 bits per heavy atom. The first-order valence-corrected chi connectivity index (χ1v) is 12.6. The Kier molecular flexibility index (Phi) is 7.21. The van der Waals surface area contributed by atoms with E-state index in [1.54, 1.807) is 4.90 Å². The van der Waals surface area contributed by atoms with E-state index in [1.165, 1.54) is 53.8 Å². The molecule has 13 heteroatoms. The number of halogens is 4.